The Labute approximate surface area is 130 Å². The molecular formula is C18H21NO3. The van der Waals surface area contributed by atoms with Gasteiger partial charge >= 0.3 is 5.97 Å². The number of ether oxygens (including phenoxy) is 1. The number of carboxylic acid groups (broad SMARTS) is 1. The van der Waals surface area contributed by atoms with E-state index in [4.69, 9.17) is 10.5 Å². The molecule has 1 atom stereocenters. The Morgan fingerprint density at radius 3 is 2.50 bits per heavy atom. The van der Waals surface area contributed by atoms with E-state index in [9.17, 15) is 9.90 Å². The number of rotatable bonds is 7. The number of carbonyl (C=O) groups is 1. The zero-order valence-corrected chi connectivity index (χ0v) is 12.7. The minimum atomic E-state index is -0.852. The van der Waals surface area contributed by atoms with Crippen LogP contribution in [0.2, 0.25) is 0 Å². The van der Waals surface area contributed by atoms with Crippen molar-refractivity contribution in [2.75, 3.05) is 12.3 Å². The minimum Gasteiger partial charge on any atom is -0.493 e. The summed E-state index contributed by atoms with van der Waals surface area (Å²) in [7, 11) is 0. The van der Waals surface area contributed by atoms with Gasteiger partial charge in [0.25, 0.3) is 0 Å². The molecule has 0 aliphatic carbocycles. The van der Waals surface area contributed by atoms with Crippen molar-refractivity contribution in [2.45, 2.75) is 25.7 Å². The van der Waals surface area contributed by atoms with E-state index in [0.717, 1.165) is 23.3 Å². The Kier molecular flexibility index (Phi) is 5.42. The van der Waals surface area contributed by atoms with E-state index in [1.54, 1.807) is 24.3 Å². The second-order valence-electron chi connectivity index (χ2n) is 5.22. The Morgan fingerprint density at radius 2 is 1.86 bits per heavy atom. The second-order valence-corrected chi connectivity index (χ2v) is 5.22. The zero-order chi connectivity index (χ0) is 15.9. The van der Waals surface area contributed by atoms with E-state index in [-0.39, 0.29) is 0 Å². The highest BCUT2D eigenvalue weighted by Gasteiger charge is 2.21. The lowest BCUT2D eigenvalue weighted by Gasteiger charge is -2.16. The molecule has 116 valence electrons. The minimum absolute atomic E-state index is 0.388. The number of aliphatic carboxylic acids is 1. The van der Waals surface area contributed by atoms with E-state index < -0.39 is 11.9 Å². The van der Waals surface area contributed by atoms with Crippen molar-refractivity contribution < 1.29 is 14.6 Å². The SMILES string of the molecule is CCCOc1ccccc1CC(C(=O)O)c1ccc(N)cc1. The molecule has 4 heteroatoms. The monoisotopic (exact) mass is 299 g/mol. The van der Waals surface area contributed by atoms with Crippen LogP contribution in [0.4, 0.5) is 5.69 Å². The predicted molar refractivity (Wildman–Crippen MR) is 87.2 cm³/mol. The van der Waals surface area contributed by atoms with Gasteiger partial charge in [0.1, 0.15) is 5.75 Å². The summed E-state index contributed by atoms with van der Waals surface area (Å²) in [6.07, 6.45) is 1.30. The van der Waals surface area contributed by atoms with E-state index in [2.05, 4.69) is 0 Å². The fraction of sp³-hybridized carbons (Fsp3) is 0.278. The summed E-state index contributed by atoms with van der Waals surface area (Å²) >= 11 is 0. The van der Waals surface area contributed by atoms with Crippen molar-refractivity contribution in [2.24, 2.45) is 0 Å². The Hall–Kier alpha value is -2.49. The Morgan fingerprint density at radius 1 is 1.18 bits per heavy atom. The molecule has 0 aliphatic rings. The van der Waals surface area contributed by atoms with Crippen LogP contribution in [-0.4, -0.2) is 17.7 Å². The summed E-state index contributed by atoms with van der Waals surface area (Å²) in [4.78, 5) is 11.6. The molecule has 0 saturated carbocycles. The van der Waals surface area contributed by atoms with Crippen LogP contribution in [0.5, 0.6) is 5.75 Å². The quantitative estimate of drug-likeness (QED) is 0.768. The van der Waals surface area contributed by atoms with Gasteiger partial charge in [-0.2, -0.15) is 0 Å². The molecular weight excluding hydrogens is 278 g/mol. The van der Waals surface area contributed by atoms with Gasteiger partial charge in [-0.15, -0.1) is 0 Å². The molecule has 2 aromatic rings. The Bertz CT molecular complexity index is 622. The third-order valence-corrected chi connectivity index (χ3v) is 3.50. The van der Waals surface area contributed by atoms with Gasteiger partial charge in [-0.25, -0.2) is 0 Å². The number of nitrogens with two attached hydrogens (primary N) is 1. The van der Waals surface area contributed by atoms with Crippen LogP contribution in [0.25, 0.3) is 0 Å². The van der Waals surface area contributed by atoms with Gasteiger partial charge in [0.15, 0.2) is 0 Å². The third-order valence-electron chi connectivity index (χ3n) is 3.50. The first-order valence-corrected chi connectivity index (χ1v) is 7.40. The Balaban J connectivity index is 2.25. The van der Waals surface area contributed by atoms with Crippen LogP contribution in [0.1, 0.15) is 30.4 Å². The average molecular weight is 299 g/mol. The van der Waals surface area contributed by atoms with E-state index in [1.165, 1.54) is 0 Å². The molecule has 22 heavy (non-hydrogen) atoms. The van der Waals surface area contributed by atoms with Crippen molar-refractivity contribution in [3.63, 3.8) is 0 Å². The number of carboxylic acids is 1. The second kappa shape index (κ2) is 7.50. The average Bonchev–Trinajstić information content (AvgIpc) is 2.52. The first kappa shape index (κ1) is 15.9. The normalized spacial score (nSPS) is 11.9. The highest BCUT2D eigenvalue weighted by molar-refractivity contribution is 5.77. The first-order chi connectivity index (χ1) is 10.6. The van der Waals surface area contributed by atoms with Gasteiger partial charge in [-0.1, -0.05) is 37.3 Å². The fourth-order valence-corrected chi connectivity index (χ4v) is 2.32. The number of nitrogen functional groups attached to an aromatic ring is 1. The summed E-state index contributed by atoms with van der Waals surface area (Å²) in [5.41, 5.74) is 7.94. The predicted octanol–water partition coefficient (Wildman–Crippen LogP) is 3.47. The smallest absolute Gasteiger partial charge is 0.311 e. The molecule has 0 amide bonds. The summed E-state index contributed by atoms with van der Waals surface area (Å²) in [5.74, 6) is -0.715. The number of hydrogen-bond acceptors (Lipinski definition) is 3. The maximum Gasteiger partial charge on any atom is 0.311 e. The van der Waals surface area contributed by atoms with Crippen LogP contribution in [0.3, 0.4) is 0 Å². The van der Waals surface area contributed by atoms with E-state index in [0.29, 0.717) is 18.7 Å². The standard InChI is InChI=1S/C18H21NO3/c1-2-11-22-17-6-4-3-5-14(17)12-16(18(20)21)13-7-9-15(19)10-8-13/h3-10,16H,2,11-12,19H2,1H3,(H,20,21). The maximum atomic E-state index is 11.6. The van der Waals surface area contributed by atoms with E-state index in [1.807, 2.05) is 31.2 Å². The van der Waals surface area contributed by atoms with Gasteiger partial charge < -0.3 is 15.6 Å². The molecule has 0 saturated heterocycles. The molecule has 0 fully saturated rings. The summed E-state index contributed by atoms with van der Waals surface area (Å²) in [5, 5.41) is 9.55. The lowest BCUT2D eigenvalue weighted by atomic mass is 9.91. The summed E-state index contributed by atoms with van der Waals surface area (Å²) < 4.78 is 5.71. The molecule has 2 aromatic carbocycles. The van der Waals surface area contributed by atoms with Gasteiger partial charge in [0, 0.05) is 5.69 Å². The molecule has 0 aromatic heterocycles. The van der Waals surface area contributed by atoms with Crippen molar-refractivity contribution in [1.29, 1.82) is 0 Å². The molecule has 1 unspecified atom stereocenters. The third kappa shape index (κ3) is 4.01. The molecule has 3 N–H and O–H groups in total. The van der Waals surface area contributed by atoms with Crippen molar-refractivity contribution in [1.82, 2.24) is 0 Å². The lowest BCUT2D eigenvalue weighted by Crippen LogP contribution is -2.15. The van der Waals surface area contributed by atoms with Crippen LogP contribution >= 0.6 is 0 Å². The van der Waals surface area contributed by atoms with Crippen LogP contribution < -0.4 is 10.5 Å². The highest BCUT2D eigenvalue weighted by Crippen LogP contribution is 2.27. The number of anilines is 1. The molecule has 0 heterocycles. The fourth-order valence-electron chi connectivity index (χ4n) is 2.32. The molecule has 4 nitrogen and oxygen atoms in total. The molecule has 0 aliphatic heterocycles. The summed E-state index contributed by atoms with van der Waals surface area (Å²) in [6, 6.07) is 14.6. The van der Waals surface area contributed by atoms with Crippen molar-refractivity contribution in [3.05, 3.63) is 59.7 Å². The molecule has 0 bridgehead atoms. The number of benzene rings is 2. The lowest BCUT2D eigenvalue weighted by molar-refractivity contribution is -0.138. The molecule has 0 radical (unpaired) electrons. The number of hydrogen-bond donors (Lipinski definition) is 2. The van der Waals surface area contributed by atoms with Gasteiger partial charge in [-0.3, -0.25) is 4.79 Å². The summed E-state index contributed by atoms with van der Waals surface area (Å²) in [6.45, 7) is 2.66. The largest absolute Gasteiger partial charge is 0.493 e. The number of para-hydroxylation sites is 1. The molecule has 2 rings (SSSR count). The van der Waals surface area contributed by atoms with Gasteiger partial charge in [0.05, 0.1) is 12.5 Å². The van der Waals surface area contributed by atoms with Gasteiger partial charge in [-0.05, 0) is 42.2 Å². The molecule has 0 spiro atoms. The maximum absolute atomic E-state index is 11.6. The van der Waals surface area contributed by atoms with Crippen LogP contribution in [-0.2, 0) is 11.2 Å². The first-order valence-electron chi connectivity index (χ1n) is 7.40. The topological polar surface area (TPSA) is 72.5 Å². The highest BCUT2D eigenvalue weighted by atomic mass is 16.5. The van der Waals surface area contributed by atoms with Crippen molar-refractivity contribution in [3.8, 4) is 5.75 Å². The zero-order valence-electron chi connectivity index (χ0n) is 12.7. The van der Waals surface area contributed by atoms with E-state index >= 15 is 0 Å². The van der Waals surface area contributed by atoms with Crippen LogP contribution in [0, 0.1) is 0 Å². The van der Waals surface area contributed by atoms with Crippen molar-refractivity contribution >= 4 is 11.7 Å². The van der Waals surface area contributed by atoms with Gasteiger partial charge in [0.2, 0.25) is 0 Å². The van der Waals surface area contributed by atoms with Crippen LogP contribution in [0.15, 0.2) is 48.5 Å².